The van der Waals surface area contributed by atoms with E-state index in [0.717, 1.165) is 23.3 Å². The van der Waals surface area contributed by atoms with Crippen molar-refractivity contribution in [2.24, 2.45) is 0 Å². The molecule has 1 N–H and O–H groups in total. The predicted octanol–water partition coefficient (Wildman–Crippen LogP) is 3.71. The third-order valence-corrected chi connectivity index (χ3v) is 5.58. The summed E-state index contributed by atoms with van der Waals surface area (Å²) in [7, 11) is -3.94. The fraction of sp³-hybridized carbons (Fsp3) is 0.368. The van der Waals surface area contributed by atoms with Crippen LogP contribution in [-0.4, -0.2) is 38.2 Å². The molecule has 5 nitrogen and oxygen atoms in total. The summed E-state index contributed by atoms with van der Waals surface area (Å²) >= 11 is 1.54. The van der Waals surface area contributed by atoms with Crippen molar-refractivity contribution >= 4 is 21.9 Å². The highest BCUT2D eigenvalue weighted by molar-refractivity contribution is 7.98. The summed E-state index contributed by atoms with van der Waals surface area (Å²) in [5.41, 5.74) is -4.13. The summed E-state index contributed by atoms with van der Waals surface area (Å²) in [5.74, 6) is -1.50. The monoisotopic (exact) mass is 432 g/mol. The van der Waals surface area contributed by atoms with Crippen LogP contribution < -0.4 is 4.74 Å². The zero-order chi connectivity index (χ0) is 21.2. The quantitative estimate of drug-likeness (QED) is 0.507. The lowest BCUT2D eigenvalue weighted by molar-refractivity contribution is -0.143. The van der Waals surface area contributed by atoms with Crippen LogP contribution in [0.4, 0.5) is 8.78 Å². The average Bonchev–Trinajstić information content (AvgIpc) is 2.59. The third kappa shape index (κ3) is 5.22. The van der Waals surface area contributed by atoms with E-state index in [2.05, 4.69) is 0 Å². The van der Waals surface area contributed by atoms with Gasteiger partial charge in [-0.15, -0.1) is 11.8 Å². The Hall–Kier alpha value is -1.68. The van der Waals surface area contributed by atoms with Gasteiger partial charge in [0.1, 0.15) is 29.6 Å². The van der Waals surface area contributed by atoms with Crippen molar-refractivity contribution in [3.05, 3.63) is 59.7 Å². The van der Waals surface area contributed by atoms with Crippen LogP contribution in [0.5, 0.6) is 5.75 Å². The highest BCUT2D eigenvalue weighted by atomic mass is 32.2. The number of hydrogen-bond acceptors (Lipinski definition) is 6. The van der Waals surface area contributed by atoms with Gasteiger partial charge in [-0.2, -0.15) is 8.42 Å². The van der Waals surface area contributed by atoms with E-state index in [1.165, 1.54) is 25.6 Å². The van der Waals surface area contributed by atoms with E-state index in [1.807, 2.05) is 6.26 Å². The zero-order valence-electron chi connectivity index (χ0n) is 15.9. The van der Waals surface area contributed by atoms with E-state index in [4.69, 9.17) is 8.92 Å². The van der Waals surface area contributed by atoms with Gasteiger partial charge in [-0.25, -0.2) is 8.78 Å². The largest absolute Gasteiger partial charge is 0.484 e. The van der Waals surface area contributed by atoms with Crippen molar-refractivity contribution in [3.63, 3.8) is 0 Å². The molecule has 0 fully saturated rings. The summed E-state index contributed by atoms with van der Waals surface area (Å²) in [6.45, 7) is 2.11. The minimum absolute atomic E-state index is 0.344. The lowest BCUT2D eigenvalue weighted by Gasteiger charge is -2.42. The second-order valence-corrected chi connectivity index (χ2v) is 9.26. The first-order valence-corrected chi connectivity index (χ1v) is 11.3. The minimum atomic E-state index is -3.94. The first kappa shape index (κ1) is 22.6. The molecule has 0 spiro atoms. The maximum atomic E-state index is 14.5. The van der Waals surface area contributed by atoms with Crippen molar-refractivity contribution in [1.29, 1.82) is 0 Å². The number of rotatable bonds is 8. The molecule has 9 heteroatoms. The molecule has 0 saturated carbocycles. The molecule has 0 saturated heterocycles. The van der Waals surface area contributed by atoms with E-state index in [9.17, 15) is 22.3 Å². The van der Waals surface area contributed by atoms with Crippen LogP contribution in [-0.2, 0) is 19.9 Å². The van der Waals surface area contributed by atoms with Crippen LogP contribution in [0.25, 0.3) is 0 Å². The van der Waals surface area contributed by atoms with Crippen LogP contribution in [0.3, 0.4) is 0 Å². The molecular formula is C19H22F2O5S2. The molecule has 0 amide bonds. The second-order valence-electron chi connectivity index (χ2n) is 6.74. The molecule has 0 aliphatic rings. The second kappa shape index (κ2) is 8.36. The summed E-state index contributed by atoms with van der Waals surface area (Å²) in [6.07, 6.45) is 2.72. The smallest absolute Gasteiger partial charge is 0.264 e. The molecular weight excluding hydrogens is 410 g/mol. The van der Waals surface area contributed by atoms with Gasteiger partial charge in [0, 0.05) is 16.5 Å². The van der Waals surface area contributed by atoms with Gasteiger partial charge in [0.2, 0.25) is 0 Å². The molecule has 0 aromatic heterocycles. The summed E-state index contributed by atoms with van der Waals surface area (Å²) in [5, 5.41) is 11.3. The molecule has 0 aliphatic heterocycles. The van der Waals surface area contributed by atoms with Gasteiger partial charge in [0.05, 0.1) is 6.26 Å². The standard InChI is InChI=1S/C19H22F2O5S2/c1-18(2,26-14-6-8-15(27-3)9-7-14)19(22,12-25-28(4,23)24)16-10-5-13(20)11-17(16)21/h5-11,22H,12H2,1-4H3. The first-order valence-electron chi connectivity index (χ1n) is 8.23. The molecule has 154 valence electrons. The van der Waals surface area contributed by atoms with Crippen LogP contribution in [0.1, 0.15) is 19.4 Å². The molecule has 0 radical (unpaired) electrons. The topological polar surface area (TPSA) is 72.8 Å². The fourth-order valence-electron chi connectivity index (χ4n) is 2.62. The van der Waals surface area contributed by atoms with Gasteiger partial charge in [0.15, 0.2) is 5.60 Å². The van der Waals surface area contributed by atoms with Crippen molar-refractivity contribution in [2.45, 2.75) is 29.9 Å². The number of ether oxygens (including phenoxy) is 1. The Bertz CT molecular complexity index is 930. The van der Waals surface area contributed by atoms with E-state index in [1.54, 1.807) is 24.3 Å². The van der Waals surface area contributed by atoms with Gasteiger partial charge < -0.3 is 9.84 Å². The zero-order valence-corrected chi connectivity index (χ0v) is 17.5. The molecule has 2 rings (SSSR count). The van der Waals surface area contributed by atoms with Crippen molar-refractivity contribution in [1.82, 2.24) is 0 Å². The van der Waals surface area contributed by atoms with Gasteiger partial charge in [-0.05, 0) is 50.4 Å². The van der Waals surface area contributed by atoms with Crippen LogP contribution in [0.2, 0.25) is 0 Å². The lowest BCUT2D eigenvalue weighted by Crippen LogP contribution is -2.55. The molecule has 28 heavy (non-hydrogen) atoms. The molecule has 1 atom stereocenters. The average molecular weight is 433 g/mol. The first-order chi connectivity index (χ1) is 12.9. The molecule has 2 aromatic carbocycles. The number of halogens is 2. The summed E-state index contributed by atoms with van der Waals surface area (Å²) in [4.78, 5) is 0.991. The predicted molar refractivity (Wildman–Crippen MR) is 104 cm³/mol. The Kier molecular flexibility index (Phi) is 6.75. The lowest BCUT2D eigenvalue weighted by atomic mass is 9.79. The summed E-state index contributed by atoms with van der Waals surface area (Å²) in [6, 6.07) is 9.57. The molecule has 2 aromatic rings. The van der Waals surface area contributed by atoms with Crippen LogP contribution >= 0.6 is 11.8 Å². The number of thioether (sulfide) groups is 1. The highest BCUT2D eigenvalue weighted by Crippen LogP contribution is 2.39. The SMILES string of the molecule is CSc1ccc(OC(C)(C)C(O)(COS(C)(=O)=O)c2ccc(F)cc2F)cc1. The van der Waals surface area contributed by atoms with Crippen molar-refractivity contribution in [2.75, 3.05) is 19.1 Å². The molecule has 0 bridgehead atoms. The van der Waals surface area contributed by atoms with Crippen LogP contribution in [0.15, 0.2) is 47.4 Å². The van der Waals surface area contributed by atoms with Crippen LogP contribution in [0, 0.1) is 11.6 Å². The Labute approximate surface area is 167 Å². The van der Waals surface area contributed by atoms with E-state index in [-0.39, 0.29) is 5.56 Å². The molecule has 0 aliphatic carbocycles. The van der Waals surface area contributed by atoms with Crippen molar-refractivity contribution in [3.8, 4) is 5.75 Å². The summed E-state index contributed by atoms with van der Waals surface area (Å²) < 4.78 is 61.4. The Morgan fingerprint density at radius 2 is 1.71 bits per heavy atom. The normalized spacial score (nSPS) is 14.5. The molecule has 1 unspecified atom stereocenters. The number of hydrogen-bond donors (Lipinski definition) is 1. The van der Waals surface area contributed by atoms with Gasteiger partial charge in [-0.1, -0.05) is 6.07 Å². The Morgan fingerprint density at radius 1 is 1.11 bits per heavy atom. The Balaban J connectivity index is 2.48. The van der Waals surface area contributed by atoms with E-state index >= 15 is 0 Å². The minimum Gasteiger partial charge on any atom is -0.484 e. The Morgan fingerprint density at radius 3 is 2.21 bits per heavy atom. The highest BCUT2D eigenvalue weighted by Gasteiger charge is 2.50. The van der Waals surface area contributed by atoms with E-state index in [0.29, 0.717) is 11.8 Å². The third-order valence-electron chi connectivity index (χ3n) is 4.29. The molecule has 0 heterocycles. The van der Waals surface area contributed by atoms with E-state index < -0.39 is 39.6 Å². The van der Waals surface area contributed by atoms with Gasteiger partial charge in [0.25, 0.3) is 10.1 Å². The maximum Gasteiger partial charge on any atom is 0.264 e. The number of benzene rings is 2. The number of aliphatic hydroxyl groups is 1. The maximum absolute atomic E-state index is 14.5. The van der Waals surface area contributed by atoms with Gasteiger partial charge >= 0.3 is 0 Å². The van der Waals surface area contributed by atoms with Crippen molar-refractivity contribution < 1.29 is 31.2 Å². The van der Waals surface area contributed by atoms with Gasteiger partial charge in [-0.3, -0.25) is 4.18 Å². The fourth-order valence-corrected chi connectivity index (χ4v) is 3.41.